The molecule has 3 aromatic rings. The Morgan fingerprint density at radius 3 is 2.39 bits per heavy atom. The predicted octanol–water partition coefficient (Wildman–Crippen LogP) is 2.94. The molecule has 0 atom stereocenters. The molecular formula is C18H18N4O4S2. The van der Waals surface area contributed by atoms with E-state index in [2.05, 4.69) is 14.9 Å². The molecule has 0 saturated carbocycles. The second-order valence-corrected chi connectivity index (χ2v) is 8.42. The summed E-state index contributed by atoms with van der Waals surface area (Å²) in [7, 11) is -1.93. The SMILES string of the molecule is CCOC(=O)c1ccc(S(=O)(=O)Nc2ccc(Sc3nncn3C)cc2)cc1. The number of carbonyl (C=O) groups is 1. The normalized spacial score (nSPS) is 11.2. The fraction of sp³-hybridized carbons (Fsp3) is 0.167. The molecule has 3 rings (SSSR count). The molecule has 1 heterocycles. The van der Waals surface area contributed by atoms with Crippen molar-refractivity contribution in [3.05, 3.63) is 60.4 Å². The van der Waals surface area contributed by atoms with E-state index in [9.17, 15) is 13.2 Å². The quantitative estimate of drug-likeness (QED) is 0.588. The summed E-state index contributed by atoms with van der Waals surface area (Å²) in [5, 5.41) is 8.54. The van der Waals surface area contributed by atoms with E-state index in [0.717, 1.165) is 10.1 Å². The van der Waals surface area contributed by atoms with Crippen molar-refractivity contribution in [1.82, 2.24) is 14.8 Å². The van der Waals surface area contributed by atoms with Gasteiger partial charge in [0.2, 0.25) is 0 Å². The molecule has 28 heavy (non-hydrogen) atoms. The maximum absolute atomic E-state index is 12.5. The third-order valence-electron chi connectivity index (χ3n) is 3.66. The minimum Gasteiger partial charge on any atom is -0.462 e. The van der Waals surface area contributed by atoms with Gasteiger partial charge in [0.05, 0.1) is 17.1 Å². The van der Waals surface area contributed by atoms with E-state index in [0.29, 0.717) is 11.3 Å². The molecule has 10 heteroatoms. The molecule has 0 radical (unpaired) electrons. The van der Waals surface area contributed by atoms with E-state index >= 15 is 0 Å². The van der Waals surface area contributed by atoms with Crippen LogP contribution < -0.4 is 4.72 Å². The second-order valence-electron chi connectivity index (χ2n) is 5.70. The zero-order chi connectivity index (χ0) is 20.1. The van der Waals surface area contributed by atoms with Crippen LogP contribution in [0.3, 0.4) is 0 Å². The summed E-state index contributed by atoms with van der Waals surface area (Å²) in [6.45, 7) is 1.96. The van der Waals surface area contributed by atoms with Crippen LogP contribution in [-0.4, -0.2) is 35.8 Å². The molecule has 1 N–H and O–H groups in total. The molecule has 0 fully saturated rings. The Kier molecular flexibility index (Phi) is 6.00. The summed E-state index contributed by atoms with van der Waals surface area (Å²) >= 11 is 1.42. The molecule has 2 aromatic carbocycles. The fourth-order valence-corrected chi connectivity index (χ4v) is 4.08. The van der Waals surface area contributed by atoms with Crippen molar-refractivity contribution in [2.75, 3.05) is 11.3 Å². The lowest BCUT2D eigenvalue weighted by atomic mass is 10.2. The Balaban J connectivity index is 1.70. The van der Waals surface area contributed by atoms with Crippen LogP contribution in [0.25, 0.3) is 0 Å². The van der Waals surface area contributed by atoms with Gasteiger partial charge in [-0.2, -0.15) is 0 Å². The molecule has 0 spiro atoms. The third kappa shape index (κ3) is 4.70. The number of hydrogen-bond acceptors (Lipinski definition) is 7. The van der Waals surface area contributed by atoms with Gasteiger partial charge >= 0.3 is 5.97 Å². The Hall–Kier alpha value is -2.85. The number of carbonyl (C=O) groups excluding carboxylic acids is 1. The van der Waals surface area contributed by atoms with E-state index in [1.54, 1.807) is 42.1 Å². The summed E-state index contributed by atoms with van der Waals surface area (Å²) in [5.74, 6) is -0.490. The minimum absolute atomic E-state index is 0.0538. The number of nitrogens with one attached hydrogen (secondary N) is 1. The van der Waals surface area contributed by atoms with Crippen LogP contribution in [0.4, 0.5) is 5.69 Å². The lowest BCUT2D eigenvalue weighted by Crippen LogP contribution is -2.13. The van der Waals surface area contributed by atoms with Crippen molar-refractivity contribution >= 4 is 33.4 Å². The molecule has 8 nitrogen and oxygen atoms in total. The number of hydrogen-bond donors (Lipinski definition) is 1. The molecule has 1 aromatic heterocycles. The number of benzene rings is 2. The zero-order valence-corrected chi connectivity index (χ0v) is 16.8. The van der Waals surface area contributed by atoms with Gasteiger partial charge in [0.15, 0.2) is 5.16 Å². The molecule has 0 unspecified atom stereocenters. The summed E-state index contributed by atoms with van der Waals surface area (Å²) < 4.78 is 34.3. The van der Waals surface area contributed by atoms with Crippen LogP contribution in [0.5, 0.6) is 0 Å². The van der Waals surface area contributed by atoms with Gasteiger partial charge in [0.1, 0.15) is 6.33 Å². The van der Waals surface area contributed by atoms with E-state index < -0.39 is 16.0 Å². The molecule has 0 aliphatic rings. The molecule has 0 saturated heterocycles. The van der Waals surface area contributed by atoms with Crippen molar-refractivity contribution < 1.29 is 17.9 Å². The minimum atomic E-state index is -3.77. The lowest BCUT2D eigenvalue weighted by molar-refractivity contribution is 0.0526. The maximum atomic E-state index is 12.5. The van der Waals surface area contributed by atoms with Gasteiger partial charge in [0, 0.05) is 17.6 Å². The van der Waals surface area contributed by atoms with Gasteiger partial charge in [-0.25, -0.2) is 13.2 Å². The first-order chi connectivity index (χ1) is 13.4. The number of rotatable bonds is 7. The number of ether oxygens (including phenoxy) is 1. The van der Waals surface area contributed by atoms with Crippen molar-refractivity contribution in [1.29, 1.82) is 0 Å². The molecule has 146 valence electrons. The van der Waals surface area contributed by atoms with Crippen molar-refractivity contribution in [3.8, 4) is 0 Å². The number of nitrogens with zero attached hydrogens (tertiary/aromatic N) is 3. The zero-order valence-electron chi connectivity index (χ0n) is 15.2. The van der Waals surface area contributed by atoms with Crippen molar-refractivity contribution in [3.63, 3.8) is 0 Å². The Morgan fingerprint density at radius 1 is 1.14 bits per heavy atom. The number of sulfonamides is 1. The fourth-order valence-electron chi connectivity index (χ4n) is 2.26. The monoisotopic (exact) mass is 418 g/mol. The van der Waals surface area contributed by atoms with Crippen molar-refractivity contribution in [2.45, 2.75) is 21.9 Å². The van der Waals surface area contributed by atoms with Gasteiger partial charge in [0.25, 0.3) is 10.0 Å². The van der Waals surface area contributed by atoms with E-state index in [-0.39, 0.29) is 11.5 Å². The third-order valence-corrected chi connectivity index (χ3v) is 6.12. The Bertz CT molecular complexity index is 1060. The topological polar surface area (TPSA) is 103 Å². The van der Waals surface area contributed by atoms with Crippen LogP contribution in [-0.2, 0) is 21.8 Å². The maximum Gasteiger partial charge on any atom is 0.338 e. The summed E-state index contributed by atoms with van der Waals surface area (Å²) in [6, 6.07) is 12.5. The van der Waals surface area contributed by atoms with Crippen LogP contribution in [0.15, 0.2) is 69.8 Å². The van der Waals surface area contributed by atoms with Gasteiger partial charge in [-0.15, -0.1) is 10.2 Å². The molecule has 0 amide bonds. The highest BCUT2D eigenvalue weighted by Crippen LogP contribution is 2.27. The summed E-state index contributed by atoms with van der Waals surface area (Å²) in [6.07, 6.45) is 1.61. The standard InChI is InChI=1S/C18H18N4O4S2/c1-3-26-17(23)13-4-10-16(11-5-13)28(24,25)21-14-6-8-15(9-7-14)27-18-20-19-12-22(18)2/h4-12,21H,3H2,1-2H3. The van der Waals surface area contributed by atoms with E-state index in [1.807, 2.05) is 7.05 Å². The number of anilines is 1. The van der Waals surface area contributed by atoms with Crippen LogP contribution in [0, 0.1) is 0 Å². The number of aromatic nitrogens is 3. The van der Waals surface area contributed by atoms with Gasteiger partial charge < -0.3 is 9.30 Å². The second kappa shape index (κ2) is 8.44. The van der Waals surface area contributed by atoms with E-state index in [1.165, 1.54) is 36.0 Å². The predicted molar refractivity (Wildman–Crippen MR) is 105 cm³/mol. The molecule has 0 aliphatic heterocycles. The average molecular weight is 419 g/mol. The number of esters is 1. The van der Waals surface area contributed by atoms with Crippen LogP contribution >= 0.6 is 11.8 Å². The van der Waals surface area contributed by atoms with E-state index in [4.69, 9.17) is 4.74 Å². The summed E-state index contributed by atoms with van der Waals surface area (Å²) in [4.78, 5) is 12.6. The van der Waals surface area contributed by atoms with Crippen LogP contribution in [0.1, 0.15) is 17.3 Å². The lowest BCUT2D eigenvalue weighted by Gasteiger charge is -2.09. The highest BCUT2D eigenvalue weighted by molar-refractivity contribution is 7.99. The molecule has 0 aliphatic carbocycles. The molecule has 0 bridgehead atoms. The van der Waals surface area contributed by atoms with Crippen molar-refractivity contribution in [2.24, 2.45) is 7.05 Å². The van der Waals surface area contributed by atoms with Gasteiger partial charge in [-0.05, 0) is 67.2 Å². The first-order valence-electron chi connectivity index (χ1n) is 8.31. The van der Waals surface area contributed by atoms with Gasteiger partial charge in [-0.3, -0.25) is 4.72 Å². The largest absolute Gasteiger partial charge is 0.462 e. The Labute approximate surface area is 167 Å². The highest BCUT2D eigenvalue weighted by Gasteiger charge is 2.16. The highest BCUT2D eigenvalue weighted by atomic mass is 32.2. The average Bonchev–Trinajstić information content (AvgIpc) is 3.08. The number of aryl methyl sites for hydroxylation is 1. The smallest absolute Gasteiger partial charge is 0.338 e. The summed E-state index contributed by atoms with van der Waals surface area (Å²) in [5.41, 5.74) is 0.725. The molecular weight excluding hydrogens is 400 g/mol. The van der Waals surface area contributed by atoms with Gasteiger partial charge in [-0.1, -0.05) is 0 Å². The first-order valence-corrected chi connectivity index (χ1v) is 10.6. The first kappa shape index (κ1) is 19.9. The Morgan fingerprint density at radius 2 is 1.82 bits per heavy atom. The van der Waals surface area contributed by atoms with Crippen LogP contribution in [0.2, 0.25) is 0 Å².